The molecule has 1 heterocycles. The number of amides is 1. The summed E-state index contributed by atoms with van der Waals surface area (Å²) in [6.45, 7) is 0.201. The largest absolute Gasteiger partial charge is 0.334 e. The molecule has 0 N–H and O–H groups in total. The highest BCUT2D eigenvalue weighted by Crippen LogP contribution is 2.30. The van der Waals surface area contributed by atoms with Crippen LogP contribution in [0.2, 0.25) is 5.02 Å². The van der Waals surface area contributed by atoms with Crippen LogP contribution in [0.3, 0.4) is 0 Å². The Kier molecular flexibility index (Phi) is 3.83. The van der Waals surface area contributed by atoms with E-state index >= 15 is 0 Å². The van der Waals surface area contributed by atoms with Gasteiger partial charge in [0.05, 0.1) is 6.54 Å². The first-order chi connectivity index (χ1) is 10.1. The molecule has 21 heavy (non-hydrogen) atoms. The Morgan fingerprint density at radius 3 is 2.90 bits per heavy atom. The predicted octanol–water partition coefficient (Wildman–Crippen LogP) is 1.66. The Hall–Kier alpha value is -2.02. The van der Waals surface area contributed by atoms with Crippen molar-refractivity contribution < 1.29 is 9.18 Å². The van der Waals surface area contributed by atoms with Crippen molar-refractivity contribution in [3.05, 3.63) is 40.9 Å². The Labute approximate surface area is 125 Å². The maximum Gasteiger partial charge on any atom is 0.244 e. The van der Waals surface area contributed by atoms with Gasteiger partial charge in [-0.1, -0.05) is 17.7 Å². The molecule has 0 bridgehead atoms. The highest BCUT2D eigenvalue weighted by molar-refractivity contribution is 6.31. The number of carbonyl (C=O) groups excluding carboxylic acids is 1. The van der Waals surface area contributed by atoms with Crippen molar-refractivity contribution in [2.45, 2.75) is 32.0 Å². The van der Waals surface area contributed by atoms with Crippen LogP contribution in [0.5, 0.6) is 0 Å². The lowest BCUT2D eigenvalue weighted by molar-refractivity contribution is -0.133. The van der Waals surface area contributed by atoms with Gasteiger partial charge in [0.25, 0.3) is 0 Å². The third-order valence-electron chi connectivity index (χ3n) is 3.39. The monoisotopic (exact) mass is 309 g/mol. The van der Waals surface area contributed by atoms with Crippen molar-refractivity contribution >= 4 is 17.5 Å². The van der Waals surface area contributed by atoms with Crippen LogP contribution in [0.1, 0.15) is 18.4 Å². The molecule has 110 valence electrons. The quantitative estimate of drug-likeness (QED) is 0.842. The van der Waals surface area contributed by atoms with Crippen molar-refractivity contribution in [2.24, 2.45) is 0 Å². The minimum Gasteiger partial charge on any atom is -0.334 e. The maximum absolute atomic E-state index is 13.9. The first-order valence-electron chi connectivity index (χ1n) is 6.58. The summed E-state index contributed by atoms with van der Waals surface area (Å²) in [7, 11) is 0. The third-order valence-corrected chi connectivity index (χ3v) is 3.74. The van der Waals surface area contributed by atoms with Gasteiger partial charge in [-0.2, -0.15) is 0 Å². The number of hydrogen-bond acceptors (Lipinski definition) is 4. The number of benzene rings is 1. The Balaban J connectivity index is 1.77. The van der Waals surface area contributed by atoms with Crippen molar-refractivity contribution in [3.8, 4) is 0 Å². The molecule has 1 aliphatic rings. The number of halogens is 2. The number of nitrogens with zero attached hydrogens (tertiary/aromatic N) is 5. The summed E-state index contributed by atoms with van der Waals surface area (Å²) in [6, 6.07) is 4.66. The van der Waals surface area contributed by atoms with E-state index in [1.807, 2.05) is 0 Å². The van der Waals surface area contributed by atoms with Gasteiger partial charge >= 0.3 is 0 Å². The molecule has 1 saturated carbocycles. The summed E-state index contributed by atoms with van der Waals surface area (Å²) in [5, 5.41) is 11.0. The molecule has 0 aliphatic heterocycles. The SMILES string of the molecule is O=C(Cn1cnnn1)N(Cc1c(F)cccc1Cl)C1CC1. The maximum atomic E-state index is 13.9. The summed E-state index contributed by atoms with van der Waals surface area (Å²) in [4.78, 5) is 14.0. The van der Waals surface area contributed by atoms with Gasteiger partial charge in [0, 0.05) is 16.6 Å². The molecule has 1 amide bonds. The lowest BCUT2D eigenvalue weighted by Crippen LogP contribution is -2.35. The van der Waals surface area contributed by atoms with Crippen molar-refractivity contribution in [1.82, 2.24) is 25.1 Å². The van der Waals surface area contributed by atoms with Gasteiger partial charge in [-0.15, -0.1) is 5.10 Å². The summed E-state index contributed by atoms with van der Waals surface area (Å²) >= 11 is 6.03. The van der Waals surface area contributed by atoms with Crippen LogP contribution >= 0.6 is 11.6 Å². The number of rotatable bonds is 5. The second-order valence-corrected chi connectivity index (χ2v) is 5.37. The summed E-state index contributed by atoms with van der Waals surface area (Å²) in [5.41, 5.74) is 0.344. The van der Waals surface area contributed by atoms with Gasteiger partial charge in [-0.3, -0.25) is 4.79 Å². The molecule has 0 radical (unpaired) electrons. The van der Waals surface area contributed by atoms with Crippen LogP contribution < -0.4 is 0 Å². The molecule has 6 nitrogen and oxygen atoms in total. The fourth-order valence-electron chi connectivity index (χ4n) is 2.14. The standard InChI is InChI=1S/C13H13ClFN5O/c14-11-2-1-3-12(15)10(11)6-20(9-4-5-9)13(21)7-19-8-16-17-18-19/h1-3,8-9H,4-7H2. The Bertz CT molecular complexity index is 624. The Morgan fingerprint density at radius 2 is 2.29 bits per heavy atom. The zero-order valence-corrected chi connectivity index (χ0v) is 11.9. The molecular formula is C13H13ClFN5O. The van der Waals surface area contributed by atoms with E-state index in [4.69, 9.17) is 11.6 Å². The van der Waals surface area contributed by atoms with Gasteiger partial charge in [0.2, 0.25) is 5.91 Å². The molecule has 1 aromatic heterocycles. The van der Waals surface area contributed by atoms with E-state index in [1.54, 1.807) is 17.0 Å². The average Bonchev–Trinajstić information content (AvgIpc) is 3.16. The van der Waals surface area contributed by atoms with Gasteiger partial charge in [0.1, 0.15) is 18.7 Å². The summed E-state index contributed by atoms with van der Waals surface area (Å²) in [6.07, 6.45) is 3.22. The molecule has 0 atom stereocenters. The first-order valence-corrected chi connectivity index (χ1v) is 6.96. The Morgan fingerprint density at radius 1 is 1.48 bits per heavy atom. The number of carbonyl (C=O) groups is 1. The van der Waals surface area contributed by atoms with Gasteiger partial charge in [-0.25, -0.2) is 9.07 Å². The molecular weight excluding hydrogens is 297 g/mol. The van der Waals surface area contributed by atoms with Crippen LogP contribution in [0.25, 0.3) is 0 Å². The molecule has 8 heteroatoms. The molecule has 3 rings (SSSR count). The lowest BCUT2D eigenvalue weighted by atomic mass is 10.2. The first kappa shape index (κ1) is 13.9. The minimum absolute atomic E-state index is 0.0373. The highest BCUT2D eigenvalue weighted by atomic mass is 35.5. The van der Waals surface area contributed by atoms with E-state index in [-0.39, 0.29) is 25.0 Å². The van der Waals surface area contributed by atoms with E-state index in [0.717, 1.165) is 12.8 Å². The topological polar surface area (TPSA) is 63.9 Å². The average molecular weight is 310 g/mol. The minimum atomic E-state index is -0.400. The molecule has 1 aromatic carbocycles. The zero-order valence-electron chi connectivity index (χ0n) is 11.1. The van der Waals surface area contributed by atoms with E-state index < -0.39 is 5.82 Å². The summed E-state index contributed by atoms with van der Waals surface area (Å²) < 4.78 is 15.2. The predicted molar refractivity (Wildman–Crippen MR) is 72.8 cm³/mol. The smallest absolute Gasteiger partial charge is 0.244 e. The van der Waals surface area contributed by atoms with Gasteiger partial charge in [-0.05, 0) is 35.4 Å². The number of hydrogen-bond donors (Lipinski definition) is 0. The molecule has 2 aromatic rings. The normalized spacial score (nSPS) is 14.2. The van der Waals surface area contributed by atoms with Crippen LogP contribution in [0.4, 0.5) is 4.39 Å². The molecule has 0 saturated heterocycles. The van der Waals surface area contributed by atoms with E-state index in [0.29, 0.717) is 10.6 Å². The fourth-order valence-corrected chi connectivity index (χ4v) is 2.37. The molecule has 1 aliphatic carbocycles. The molecule has 0 spiro atoms. The lowest BCUT2D eigenvalue weighted by Gasteiger charge is -2.23. The zero-order chi connectivity index (χ0) is 14.8. The van der Waals surface area contributed by atoms with E-state index in [9.17, 15) is 9.18 Å². The number of tetrazole rings is 1. The van der Waals surface area contributed by atoms with Crippen LogP contribution in [0.15, 0.2) is 24.5 Å². The molecule has 1 fully saturated rings. The van der Waals surface area contributed by atoms with E-state index in [1.165, 1.54) is 17.1 Å². The van der Waals surface area contributed by atoms with Crippen LogP contribution in [-0.4, -0.2) is 37.1 Å². The van der Waals surface area contributed by atoms with Crippen LogP contribution in [-0.2, 0) is 17.9 Å². The van der Waals surface area contributed by atoms with Gasteiger partial charge < -0.3 is 4.90 Å². The van der Waals surface area contributed by atoms with Crippen molar-refractivity contribution in [2.75, 3.05) is 0 Å². The van der Waals surface area contributed by atoms with Gasteiger partial charge in [0.15, 0.2) is 0 Å². The molecule has 0 unspecified atom stereocenters. The third kappa shape index (κ3) is 3.18. The van der Waals surface area contributed by atoms with Crippen molar-refractivity contribution in [1.29, 1.82) is 0 Å². The number of aromatic nitrogens is 4. The second kappa shape index (κ2) is 5.77. The van der Waals surface area contributed by atoms with E-state index in [2.05, 4.69) is 15.5 Å². The summed E-state index contributed by atoms with van der Waals surface area (Å²) in [5.74, 6) is -0.549. The van der Waals surface area contributed by atoms with Crippen LogP contribution in [0, 0.1) is 5.82 Å². The highest BCUT2D eigenvalue weighted by Gasteiger charge is 2.33. The van der Waals surface area contributed by atoms with Crippen molar-refractivity contribution in [3.63, 3.8) is 0 Å². The fraction of sp³-hybridized carbons (Fsp3) is 0.385. The second-order valence-electron chi connectivity index (χ2n) is 4.96.